The molecule has 0 radical (unpaired) electrons. The van der Waals surface area contributed by atoms with Crippen LogP contribution in [0, 0.1) is 0 Å². The fraction of sp³-hybridized carbons (Fsp3) is 0.583. The summed E-state index contributed by atoms with van der Waals surface area (Å²) >= 11 is 3.30. The third-order valence-electron chi connectivity index (χ3n) is 2.79. The minimum absolute atomic E-state index is 0.190. The fourth-order valence-electron chi connectivity index (χ4n) is 1.63. The van der Waals surface area contributed by atoms with E-state index >= 15 is 0 Å². The number of nitrogens with zero attached hydrogens (tertiary/aromatic N) is 1. The Hall–Kier alpha value is -0.560. The highest BCUT2D eigenvalue weighted by molar-refractivity contribution is 7.98. The van der Waals surface area contributed by atoms with Gasteiger partial charge in [-0.3, -0.25) is 10.2 Å². The van der Waals surface area contributed by atoms with Crippen LogP contribution < -0.4 is 11.3 Å². The zero-order valence-corrected chi connectivity index (χ0v) is 12.6. The predicted octanol–water partition coefficient (Wildman–Crippen LogP) is 1.93. The summed E-state index contributed by atoms with van der Waals surface area (Å²) in [7, 11) is 0. The number of thiophene rings is 1. The summed E-state index contributed by atoms with van der Waals surface area (Å²) in [5, 5.41) is 1.94. The van der Waals surface area contributed by atoms with Crippen LogP contribution in [0.1, 0.15) is 29.1 Å². The second-order valence-electron chi connectivity index (χ2n) is 3.83. The van der Waals surface area contributed by atoms with Crippen molar-refractivity contribution < 1.29 is 4.79 Å². The predicted molar refractivity (Wildman–Crippen MR) is 79.9 cm³/mol. The lowest BCUT2D eigenvalue weighted by Crippen LogP contribution is -2.29. The summed E-state index contributed by atoms with van der Waals surface area (Å²) in [6.45, 7) is 7.64. The Morgan fingerprint density at radius 2 is 2.22 bits per heavy atom. The molecule has 0 unspecified atom stereocenters. The van der Waals surface area contributed by atoms with Gasteiger partial charge >= 0.3 is 0 Å². The number of carbonyl (C=O) groups excluding carboxylic acids is 1. The summed E-state index contributed by atoms with van der Waals surface area (Å²) in [5.41, 5.74) is 3.27. The van der Waals surface area contributed by atoms with E-state index in [-0.39, 0.29) is 5.91 Å². The maximum atomic E-state index is 11.5. The van der Waals surface area contributed by atoms with Crippen LogP contribution in [-0.4, -0.2) is 36.2 Å². The van der Waals surface area contributed by atoms with Gasteiger partial charge in [0.2, 0.25) is 0 Å². The number of carbonyl (C=O) groups is 1. The van der Waals surface area contributed by atoms with E-state index < -0.39 is 0 Å². The van der Waals surface area contributed by atoms with Gasteiger partial charge in [0.1, 0.15) is 0 Å². The molecule has 102 valence electrons. The maximum absolute atomic E-state index is 11.5. The SMILES string of the molecule is CCN(CC)CCSCc1ccsc1C(=O)NN. The van der Waals surface area contributed by atoms with Gasteiger partial charge in [-0.25, -0.2) is 5.84 Å². The molecule has 1 amide bonds. The summed E-state index contributed by atoms with van der Waals surface area (Å²) in [6.07, 6.45) is 0. The lowest BCUT2D eigenvalue weighted by molar-refractivity contribution is 0.0957. The number of nitrogens with one attached hydrogen (secondary N) is 1. The van der Waals surface area contributed by atoms with Crippen molar-refractivity contribution in [1.82, 2.24) is 10.3 Å². The van der Waals surface area contributed by atoms with Crippen LogP contribution >= 0.6 is 23.1 Å². The Morgan fingerprint density at radius 3 is 2.83 bits per heavy atom. The Kier molecular flexibility index (Phi) is 7.34. The molecule has 0 aromatic carbocycles. The van der Waals surface area contributed by atoms with Gasteiger partial charge in [-0.15, -0.1) is 11.3 Å². The van der Waals surface area contributed by atoms with Crippen molar-refractivity contribution in [2.24, 2.45) is 5.84 Å². The van der Waals surface area contributed by atoms with Crippen molar-refractivity contribution >= 4 is 29.0 Å². The van der Waals surface area contributed by atoms with Crippen molar-refractivity contribution in [2.45, 2.75) is 19.6 Å². The largest absolute Gasteiger partial charge is 0.303 e. The van der Waals surface area contributed by atoms with Crippen molar-refractivity contribution in [3.8, 4) is 0 Å². The Labute approximate surface area is 117 Å². The molecule has 18 heavy (non-hydrogen) atoms. The number of hydrogen-bond acceptors (Lipinski definition) is 5. The van der Waals surface area contributed by atoms with Gasteiger partial charge < -0.3 is 4.90 Å². The van der Waals surface area contributed by atoms with E-state index in [0.29, 0.717) is 0 Å². The highest BCUT2D eigenvalue weighted by Crippen LogP contribution is 2.21. The van der Waals surface area contributed by atoms with Crippen LogP contribution in [-0.2, 0) is 5.75 Å². The summed E-state index contributed by atoms with van der Waals surface area (Å²) < 4.78 is 0. The number of hydrogen-bond donors (Lipinski definition) is 2. The van der Waals surface area contributed by atoms with Gasteiger partial charge in [-0.05, 0) is 30.1 Å². The summed E-state index contributed by atoms with van der Waals surface area (Å²) in [5.74, 6) is 6.92. The molecule has 1 heterocycles. The average molecular weight is 287 g/mol. The molecule has 0 aliphatic rings. The van der Waals surface area contributed by atoms with Crippen LogP contribution in [0.3, 0.4) is 0 Å². The summed E-state index contributed by atoms with van der Waals surface area (Å²) in [6, 6.07) is 2.00. The van der Waals surface area contributed by atoms with Crippen molar-refractivity contribution in [3.05, 3.63) is 21.9 Å². The van der Waals surface area contributed by atoms with Crippen LogP contribution in [0.25, 0.3) is 0 Å². The molecule has 0 saturated heterocycles. The third-order valence-corrected chi connectivity index (χ3v) is 4.73. The van der Waals surface area contributed by atoms with E-state index in [1.54, 1.807) is 0 Å². The van der Waals surface area contributed by atoms with E-state index in [0.717, 1.165) is 41.6 Å². The maximum Gasteiger partial charge on any atom is 0.275 e. The number of rotatable bonds is 8. The zero-order chi connectivity index (χ0) is 13.4. The molecule has 6 heteroatoms. The van der Waals surface area contributed by atoms with Gasteiger partial charge in [-0.2, -0.15) is 11.8 Å². The van der Waals surface area contributed by atoms with E-state index in [1.165, 1.54) is 11.3 Å². The van der Waals surface area contributed by atoms with E-state index in [1.807, 2.05) is 23.2 Å². The first-order valence-corrected chi connectivity index (χ1v) is 8.13. The van der Waals surface area contributed by atoms with Crippen molar-refractivity contribution in [2.75, 3.05) is 25.4 Å². The van der Waals surface area contributed by atoms with Crippen LogP contribution in [0.4, 0.5) is 0 Å². The van der Waals surface area contributed by atoms with E-state index in [2.05, 4.69) is 24.2 Å². The number of hydrazine groups is 1. The highest BCUT2D eigenvalue weighted by Gasteiger charge is 2.11. The smallest absolute Gasteiger partial charge is 0.275 e. The second kappa shape index (κ2) is 8.53. The molecule has 1 aromatic rings. The normalized spacial score (nSPS) is 10.9. The zero-order valence-electron chi connectivity index (χ0n) is 10.9. The molecule has 0 atom stereocenters. The first-order valence-electron chi connectivity index (χ1n) is 6.10. The molecule has 0 saturated carbocycles. The van der Waals surface area contributed by atoms with Crippen LogP contribution in [0.5, 0.6) is 0 Å². The van der Waals surface area contributed by atoms with Gasteiger partial charge in [0.05, 0.1) is 4.88 Å². The van der Waals surface area contributed by atoms with Crippen molar-refractivity contribution in [1.29, 1.82) is 0 Å². The molecule has 0 bridgehead atoms. The Morgan fingerprint density at radius 1 is 1.50 bits per heavy atom. The van der Waals surface area contributed by atoms with Crippen molar-refractivity contribution in [3.63, 3.8) is 0 Å². The Balaban J connectivity index is 2.35. The lowest BCUT2D eigenvalue weighted by Gasteiger charge is -2.17. The first-order chi connectivity index (χ1) is 8.72. The van der Waals surface area contributed by atoms with E-state index in [4.69, 9.17) is 5.84 Å². The summed E-state index contributed by atoms with van der Waals surface area (Å²) in [4.78, 5) is 14.6. The fourth-order valence-corrected chi connectivity index (χ4v) is 3.54. The lowest BCUT2D eigenvalue weighted by atomic mass is 10.3. The average Bonchev–Trinajstić information content (AvgIpc) is 2.86. The van der Waals surface area contributed by atoms with Crippen LogP contribution in [0.15, 0.2) is 11.4 Å². The van der Waals surface area contributed by atoms with Gasteiger partial charge in [0.25, 0.3) is 5.91 Å². The number of nitrogens with two attached hydrogens (primary N) is 1. The van der Waals surface area contributed by atoms with Gasteiger partial charge in [0.15, 0.2) is 0 Å². The van der Waals surface area contributed by atoms with Gasteiger partial charge in [0, 0.05) is 18.1 Å². The monoisotopic (exact) mass is 287 g/mol. The molecule has 0 fully saturated rings. The number of amides is 1. The molecule has 4 nitrogen and oxygen atoms in total. The van der Waals surface area contributed by atoms with Gasteiger partial charge in [-0.1, -0.05) is 13.8 Å². The standard InChI is InChI=1S/C12H21N3OS2/c1-3-15(4-2)6-8-17-9-10-5-7-18-11(10)12(16)14-13/h5,7H,3-4,6,8-9,13H2,1-2H3,(H,14,16). The third kappa shape index (κ3) is 4.61. The number of nitrogen functional groups attached to an aromatic ring is 1. The molecule has 1 aromatic heterocycles. The minimum Gasteiger partial charge on any atom is -0.303 e. The molecule has 0 aliphatic carbocycles. The second-order valence-corrected chi connectivity index (χ2v) is 5.85. The number of thioether (sulfide) groups is 1. The highest BCUT2D eigenvalue weighted by atomic mass is 32.2. The quantitative estimate of drug-likeness (QED) is 0.332. The minimum atomic E-state index is -0.190. The Bertz CT molecular complexity index is 364. The molecule has 3 N–H and O–H groups in total. The molecular formula is C12H21N3OS2. The van der Waals surface area contributed by atoms with Crippen LogP contribution in [0.2, 0.25) is 0 Å². The first kappa shape index (κ1) is 15.5. The molecule has 1 rings (SSSR count). The molecule has 0 aliphatic heterocycles. The molecular weight excluding hydrogens is 266 g/mol. The molecule has 0 spiro atoms. The topological polar surface area (TPSA) is 58.4 Å². The van der Waals surface area contributed by atoms with E-state index in [9.17, 15) is 4.79 Å².